The maximum absolute atomic E-state index is 14.3. The second-order valence-electron chi connectivity index (χ2n) is 12.1. The van der Waals surface area contributed by atoms with E-state index in [4.69, 9.17) is 18.9 Å². The van der Waals surface area contributed by atoms with Crippen LogP contribution in [0.4, 0.5) is 0 Å². The van der Waals surface area contributed by atoms with Crippen LogP contribution < -0.4 is 24.3 Å². The van der Waals surface area contributed by atoms with Crippen LogP contribution in [0, 0.1) is 0 Å². The Morgan fingerprint density at radius 1 is 1.00 bits per heavy atom. The van der Waals surface area contributed by atoms with Crippen molar-refractivity contribution in [3.8, 4) is 23.0 Å². The molecule has 12 heteroatoms. The van der Waals surface area contributed by atoms with Crippen LogP contribution in [0.25, 0.3) is 6.08 Å². The van der Waals surface area contributed by atoms with Gasteiger partial charge < -0.3 is 24.3 Å². The summed E-state index contributed by atoms with van der Waals surface area (Å²) < 4.78 is 23.6. The molecule has 10 nitrogen and oxygen atoms in total. The van der Waals surface area contributed by atoms with Crippen LogP contribution in [0.2, 0.25) is 0 Å². The number of allylic oxidation sites excluding steroid dienone is 4. The molecule has 1 N–H and O–H groups in total. The van der Waals surface area contributed by atoms with Crippen LogP contribution in [0.1, 0.15) is 42.1 Å². The number of aliphatic imine (C=N–C) groups is 1. The third-order valence-electron chi connectivity index (χ3n) is 8.38. The molecule has 55 heavy (non-hydrogen) atoms. The molecule has 2 heterocycles. The van der Waals surface area contributed by atoms with Gasteiger partial charge in [-0.15, -0.1) is 0 Å². The number of fused-ring (bicyclic) bond motifs is 1. The first-order chi connectivity index (χ1) is 26.8. The van der Waals surface area contributed by atoms with E-state index in [1.54, 1.807) is 43.4 Å². The molecule has 280 valence electrons. The lowest BCUT2D eigenvalue weighted by molar-refractivity contribution is -0.126. The topological polar surface area (TPSA) is 116 Å². The van der Waals surface area contributed by atoms with Crippen molar-refractivity contribution in [2.24, 2.45) is 4.99 Å². The SMILES string of the molecule is C=C/C=C\C(=C/C)N1C(=O)/C(=C/c2cc(Br)c(OCc3ccc4c(c3)OCO4)c(OCC)c2)C(=O)N=C1SCC(=O)NC(c1ccccc1)c1ccccc1. The van der Waals surface area contributed by atoms with Gasteiger partial charge in [-0.05, 0) is 88.4 Å². The van der Waals surface area contributed by atoms with Crippen LogP contribution in [-0.2, 0) is 21.0 Å². The van der Waals surface area contributed by atoms with Crippen molar-refractivity contribution >= 4 is 56.7 Å². The minimum Gasteiger partial charge on any atom is -0.490 e. The van der Waals surface area contributed by atoms with E-state index < -0.39 is 17.9 Å². The Morgan fingerprint density at radius 3 is 2.38 bits per heavy atom. The molecule has 4 aromatic rings. The average Bonchev–Trinajstić information content (AvgIpc) is 3.67. The Morgan fingerprint density at radius 2 is 1.71 bits per heavy atom. The van der Waals surface area contributed by atoms with Crippen LogP contribution in [-0.4, -0.2) is 46.9 Å². The average molecular weight is 821 g/mol. The summed E-state index contributed by atoms with van der Waals surface area (Å²) in [4.78, 5) is 47.0. The molecule has 0 saturated carbocycles. The predicted octanol–water partition coefficient (Wildman–Crippen LogP) is 8.55. The van der Waals surface area contributed by atoms with Crippen molar-refractivity contribution in [1.29, 1.82) is 0 Å². The monoisotopic (exact) mass is 819 g/mol. The van der Waals surface area contributed by atoms with Gasteiger partial charge in [-0.1, -0.05) is 103 Å². The summed E-state index contributed by atoms with van der Waals surface area (Å²) in [6, 6.07) is 27.9. The lowest BCUT2D eigenvalue weighted by atomic mass is 9.99. The van der Waals surface area contributed by atoms with Crippen molar-refractivity contribution < 1.29 is 33.3 Å². The van der Waals surface area contributed by atoms with E-state index >= 15 is 0 Å². The van der Waals surface area contributed by atoms with Gasteiger partial charge in [-0.2, -0.15) is 4.99 Å². The molecule has 0 fully saturated rings. The molecule has 4 aromatic carbocycles. The largest absolute Gasteiger partial charge is 0.490 e. The number of rotatable bonds is 14. The molecule has 0 bridgehead atoms. The number of amides is 3. The summed E-state index contributed by atoms with van der Waals surface area (Å²) in [6.45, 7) is 8.10. The molecule has 0 radical (unpaired) electrons. The Kier molecular flexibility index (Phi) is 13.0. The maximum Gasteiger partial charge on any atom is 0.285 e. The smallest absolute Gasteiger partial charge is 0.285 e. The second-order valence-corrected chi connectivity index (χ2v) is 13.9. The molecule has 0 saturated heterocycles. The van der Waals surface area contributed by atoms with Crippen LogP contribution in [0.15, 0.2) is 143 Å². The minimum absolute atomic E-state index is 0.0727. The molecule has 2 aliphatic rings. The lowest BCUT2D eigenvalue weighted by Crippen LogP contribution is -2.42. The van der Waals surface area contributed by atoms with Crippen molar-refractivity contribution in [1.82, 2.24) is 10.2 Å². The predicted molar refractivity (Wildman–Crippen MR) is 218 cm³/mol. The minimum atomic E-state index is -0.740. The van der Waals surface area contributed by atoms with Crippen LogP contribution >= 0.6 is 27.7 Å². The Labute approximate surface area is 332 Å². The number of thioether (sulfide) groups is 1. The zero-order chi connectivity index (χ0) is 38.7. The highest BCUT2D eigenvalue weighted by Gasteiger charge is 2.35. The Bertz CT molecular complexity index is 2160. The first kappa shape index (κ1) is 38.9. The highest BCUT2D eigenvalue weighted by Crippen LogP contribution is 2.39. The van der Waals surface area contributed by atoms with E-state index in [-0.39, 0.29) is 35.8 Å². The van der Waals surface area contributed by atoms with Gasteiger partial charge in [0.05, 0.1) is 22.9 Å². The van der Waals surface area contributed by atoms with E-state index in [2.05, 4.69) is 32.8 Å². The lowest BCUT2D eigenvalue weighted by Gasteiger charge is -2.28. The standard InChI is InChI=1S/C43H38BrN3O7S/c1-4-7-18-32(5-2)47-42(50)33(21-29-22-34(44)40(37(24-29)51-6-3)52-25-28-19-20-35-36(23-28)54-27-53-35)41(49)46-43(47)55-26-38(48)45-39(30-14-10-8-11-15-30)31-16-12-9-13-17-31/h4-5,7-24,39H,1,6,25-27H2,2-3H3,(H,45,48)/b18-7-,32-5+,33-21+. The van der Waals surface area contributed by atoms with Gasteiger partial charge in [0.2, 0.25) is 12.7 Å². The highest BCUT2D eigenvalue weighted by molar-refractivity contribution is 9.10. The summed E-state index contributed by atoms with van der Waals surface area (Å²) in [7, 11) is 0. The molecule has 2 aliphatic heterocycles. The third kappa shape index (κ3) is 9.45. The molecular formula is C43H38BrN3O7S. The molecule has 0 aliphatic carbocycles. The quantitative estimate of drug-likeness (QED) is 0.0765. The number of carbonyl (C=O) groups excluding carboxylic acids is 3. The fraction of sp³-hybridized carbons (Fsp3) is 0.163. The molecule has 0 aromatic heterocycles. The number of hydrogen-bond donors (Lipinski definition) is 1. The zero-order valence-corrected chi connectivity index (χ0v) is 32.6. The number of benzene rings is 4. The number of carbonyl (C=O) groups is 3. The molecular weight excluding hydrogens is 782 g/mol. The van der Waals surface area contributed by atoms with E-state index in [9.17, 15) is 14.4 Å². The van der Waals surface area contributed by atoms with E-state index in [1.807, 2.05) is 85.8 Å². The summed E-state index contributed by atoms with van der Waals surface area (Å²) in [6.07, 6.45) is 8.13. The number of halogens is 1. The Hall–Kier alpha value is -5.85. The molecule has 0 spiro atoms. The molecule has 0 unspecified atom stereocenters. The highest BCUT2D eigenvalue weighted by atomic mass is 79.9. The van der Waals surface area contributed by atoms with Gasteiger partial charge >= 0.3 is 0 Å². The van der Waals surface area contributed by atoms with Gasteiger partial charge in [0.15, 0.2) is 28.2 Å². The van der Waals surface area contributed by atoms with Crippen molar-refractivity contribution in [2.45, 2.75) is 26.5 Å². The zero-order valence-electron chi connectivity index (χ0n) is 30.2. The normalized spacial score (nSPS) is 14.8. The number of nitrogens with zero attached hydrogens (tertiary/aromatic N) is 2. The summed E-state index contributed by atoms with van der Waals surface area (Å²) >= 11 is 4.59. The summed E-state index contributed by atoms with van der Waals surface area (Å²) in [5, 5.41) is 3.18. The third-order valence-corrected chi connectivity index (χ3v) is 9.90. The summed E-state index contributed by atoms with van der Waals surface area (Å²) in [5.74, 6) is 0.441. The number of amidine groups is 1. The maximum atomic E-state index is 14.3. The number of hydrogen-bond acceptors (Lipinski definition) is 8. The molecule has 0 atom stereocenters. The van der Waals surface area contributed by atoms with E-state index in [0.29, 0.717) is 45.3 Å². The van der Waals surface area contributed by atoms with Gasteiger partial charge in [-0.3, -0.25) is 19.3 Å². The van der Waals surface area contributed by atoms with Crippen LogP contribution in [0.3, 0.4) is 0 Å². The van der Waals surface area contributed by atoms with Gasteiger partial charge in [0.1, 0.15) is 12.2 Å². The van der Waals surface area contributed by atoms with Gasteiger partial charge in [0, 0.05) is 5.70 Å². The van der Waals surface area contributed by atoms with Crippen LogP contribution in [0.5, 0.6) is 23.0 Å². The van der Waals surface area contributed by atoms with Crippen molar-refractivity contribution in [2.75, 3.05) is 19.2 Å². The fourth-order valence-corrected chi connectivity index (χ4v) is 7.20. The second kappa shape index (κ2) is 18.5. The van der Waals surface area contributed by atoms with E-state index in [1.165, 1.54) is 11.0 Å². The van der Waals surface area contributed by atoms with Gasteiger partial charge in [-0.25, -0.2) is 0 Å². The number of nitrogens with one attached hydrogen (secondary N) is 1. The molecule has 3 amide bonds. The number of ether oxygens (including phenoxy) is 4. The fourth-order valence-electron chi connectivity index (χ4n) is 5.82. The first-order valence-corrected chi connectivity index (χ1v) is 19.2. The van der Waals surface area contributed by atoms with Crippen molar-refractivity contribution in [3.05, 3.63) is 160 Å². The molecule has 6 rings (SSSR count). The first-order valence-electron chi connectivity index (χ1n) is 17.4. The Balaban J connectivity index is 1.25. The van der Waals surface area contributed by atoms with Gasteiger partial charge in [0.25, 0.3) is 11.8 Å². The van der Waals surface area contributed by atoms with Crippen molar-refractivity contribution in [3.63, 3.8) is 0 Å². The van der Waals surface area contributed by atoms with E-state index in [0.717, 1.165) is 28.5 Å². The summed E-state index contributed by atoms with van der Waals surface area (Å²) in [5.41, 5.74) is 3.48.